The highest BCUT2D eigenvalue weighted by molar-refractivity contribution is 4.93. The van der Waals surface area contributed by atoms with E-state index in [1.165, 1.54) is 32.1 Å². The molecule has 0 aromatic heterocycles. The summed E-state index contributed by atoms with van der Waals surface area (Å²) in [4.78, 5) is 0. The average molecular weight is 197 g/mol. The first kappa shape index (κ1) is 10.4. The van der Waals surface area contributed by atoms with Crippen molar-refractivity contribution >= 4 is 0 Å². The molecule has 0 bridgehead atoms. The van der Waals surface area contributed by atoms with Gasteiger partial charge < -0.3 is 10.1 Å². The van der Waals surface area contributed by atoms with Crippen LogP contribution in [0.1, 0.15) is 46.0 Å². The molecule has 1 saturated carbocycles. The smallest absolute Gasteiger partial charge is 0.0807 e. The molecule has 0 aromatic rings. The van der Waals surface area contributed by atoms with E-state index >= 15 is 0 Å². The molecular weight excluding hydrogens is 174 g/mol. The zero-order valence-electron chi connectivity index (χ0n) is 9.51. The zero-order chi connectivity index (χ0) is 10.0. The van der Waals surface area contributed by atoms with Crippen LogP contribution in [-0.2, 0) is 4.74 Å². The lowest BCUT2D eigenvalue weighted by molar-refractivity contribution is -0.0805. The number of morpholine rings is 1. The summed E-state index contributed by atoms with van der Waals surface area (Å²) in [6, 6.07) is 0.598. The molecule has 1 N–H and O–H groups in total. The van der Waals surface area contributed by atoms with Gasteiger partial charge in [0.25, 0.3) is 0 Å². The average Bonchev–Trinajstić information content (AvgIpc) is 2.58. The summed E-state index contributed by atoms with van der Waals surface area (Å²) in [5.74, 6) is 0.772. The maximum absolute atomic E-state index is 6.08. The Bertz CT molecular complexity index is 175. The van der Waals surface area contributed by atoms with E-state index in [1.54, 1.807) is 0 Å². The summed E-state index contributed by atoms with van der Waals surface area (Å²) in [7, 11) is 0. The summed E-state index contributed by atoms with van der Waals surface area (Å²) in [6.45, 7) is 6.58. The van der Waals surface area contributed by atoms with Gasteiger partial charge >= 0.3 is 0 Å². The van der Waals surface area contributed by atoms with E-state index in [2.05, 4.69) is 19.2 Å². The Morgan fingerprint density at radius 3 is 2.57 bits per heavy atom. The van der Waals surface area contributed by atoms with E-state index in [0.717, 1.165) is 19.1 Å². The quantitative estimate of drug-likeness (QED) is 0.733. The first-order valence-corrected chi connectivity index (χ1v) is 6.08. The molecule has 0 aromatic carbocycles. The third kappa shape index (κ3) is 2.29. The molecule has 2 aliphatic rings. The lowest BCUT2D eigenvalue weighted by atomic mass is 9.96. The molecule has 1 spiro atoms. The van der Waals surface area contributed by atoms with Gasteiger partial charge in [0.1, 0.15) is 0 Å². The SMILES string of the molecule is CC(C)CC1COC2(CCCC2)CN1. The lowest BCUT2D eigenvalue weighted by Gasteiger charge is -2.39. The Morgan fingerprint density at radius 2 is 2.07 bits per heavy atom. The van der Waals surface area contributed by atoms with Crippen LogP contribution in [0.3, 0.4) is 0 Å². The standard InChI is InChI=1S/C12H23NO/c1-10(2)7-11-8-14-12(9-13-11)5-3-4-6-12/h10-11,13H,3-9H2,1-2H3. The summed E-state index contributed by atoms with van der Waals surface area (Å²) >= 11 is 0. The molecular formula is C12H23NO. The van der Waals surface area contributed by atoms with Gasteiger partial charge in [-0.15, -0.1) is 0 Å². The molecule has 1 atom stereocenters. The van der Waals surface area contributed by atoms with E-state index in [0.29, 0.717) is 6.04 Å². The van der Waals surface area contributed by atoms with E-state index in [-0.39, 0.29) is 5.60 Å². The first-order valence-electron chi connectivity index (χ1n) is 6.08. The van der Waals surface area contributed by atoms with Gasteiger partial charge in [0.15, 0.2) is 0 Å². The van der Waals surface area contributed by atoms with Crippen LogP contribution in [-0.4, -0.2) is 24.8 Å². The van der Waals surface area contributed by atoms with Gasteiger partial charge in [0.05, 0.1) is 12.2 Å². The highest BCUT2D eigenvalue weighted by Crippen LogP contribution is 2.34. The number of hydrogen-bond donors (Lipinski definition) is 1. The van der Waals surface area contributed by atoms with Gasteiger partial charge in [0.2, 0.25) is 0 Å². The van der Waals surface area contributed by atoms with Crippen LogP contribution < -0.4 is 5.32 Å². The van der Waals surface area contributed by atoms with Gasteiger partial charge in [-0.05, 0) is 25.2 Å². The van der Waals surface area contributed by atoms with Crippen LogP contribution >= 0.6 is 0 Å². The van der Waals surface area contributed by atoms with Crippen molar-refractivity contribution in [3.8, 4) is 0 Å². The van der Waals surface area contributed by atoms with Gasteiger partial charge in [0, 0.05) is 12.6 Å². The molecule has 2 fully saturated rings. The molecule has 1 heterocycles. The van der Waals surface area contributed by atoms with Crippen LogP contribution in [0.5, 0.6) is 0 Å². The normalized spacial score (nSPS) is 31.5. The monoisotopic (exact) mass is 197 g/mol. The van der Waals surface area contributed by atoms with E-state index in [1.807, 2.05) is 0 Å². The zero-order valence-corrected chi connectivity index (χ0v) is 9.51. The lowest BCUT2D eigenvalue weighted by Crippen LogP contribution is -2.53. The van der Waals surface area contributed by atoms with Crippen molar-refractivity contribution in [2.45, 2.75) is 57.6 Å². The minimum absolute atomic E-state index is 0.230. The fourth-order valence-corrected chi connectivity index (χ4v) is 2.78. The number of rotatable bonds is 2. The van der Waals surface area contributed by atoms with Crippen LogP contribution in [0.2, 0.25) is 0 Å². The fourth-order valence-electron chi connectivity index (χ4n) is 2.78. The van der Waals surface area contributed by atoms with Crippen molar-refractivity contribution in [3.63, 3.8) is 0 Å². The molecule has 1 aliphatic heterocycles. The highest BCUT2D eigenvalue weighted by Gasteiger charge is 2.38. The Morgan fingerprint density at radius 1 is 1.36 bits per heavy atom. The predicted octanol–water partition coefficient (Wildman–Crippen LogP) is 2.33. The largest absolute Gasteiger partial charge is 0.372 e. The molecule has 14 heavy (non-hydrogen) atoms. The van der Waals surface area contributed by atoms with Crippen LogP contribution in [0, 0.1) is 5.92 Å². The molecule has 82 valence electrons. The van der Waals surface area contributed by atoms with Gasteiger partial charge in [-0.2, -0.15) is 0 Å². The van der Waals surface area contributed by atoms with E-state index in [4.69, 9.17) is 4.74 Å². The van der Waals surface area contributed by atoms with Crippen LogP contribution in [0.25, 0.3) is 0 Å². The summed E-state index contributed by atoms with van der Waals surface area (Å²) < 4.78 is 6.08. The van der Waals surface area contributed by atoms with Gasteiger partial charge in [-0.1, -0.05) is 26.7 Å². The molecule has 1 saturated heterocycles. The Balaban J connectivity index is 1.79. The fraction of sp³-hybridized carbons (Fsp3) is 1.00. The Kier molecular flexibility index (Phi) is 3.13. The maximum Gasteiger partial charge on any atom is 0.0807 e. The van der Waals surface area contributed by atoms with Gasteiger partial charge in [-0.3, -0.25) is 0 Å². The minimum Gasteiger partial charge on any atom is -0.372 e. The minimum atomic E-state index is 0.230. The molecule has 2 heteroatoms. The topological polar surface area (TPSA) is 21.3 Å². The first-order chi connectivity index (χ1) is 6.70. The molecule has 1 aliphatic carbocycles. The highest BCUT2D eigenvalue weighted by atomic mass is 16.5. The van der Waals surface area contributed by atoms with Crippen LogP contribution in [0.4, 0.5) is 0 Å². The Hall–Kier alpha value is -0.0800. The second kappa shape index (κ2) is 4.19. The summed E-state index contributed by atoms with van der Waals surface area (Å²) in [5.41, 5.74) is 0.230. The molecule has 1 unspecified atom stereocenters. The Labute approximate surface area is 87.4 Å². The maximum atomic E-state index is 6.08. The second-order valence-corrected chi connectivity index (χ2v) is 5.41. The van der Waals surface area contributed by atoms with Crippen molar-refractivity contribution < 1.29 is 4.74 Å². The van der Waals surface area contributed by atoms with Crippen molar-refractivity contribution in [1.82, 2.24) is 5.32 Å². The number of nitrogens with one attached hydrogen (secondary N) is 1. The number of ether oxygens (including phenoxy) is 1. The van der Waals surface area contributed by atoms with Gasteiger partial charge in [-0.25, -0.2) is 0 Å². The van der Waals surface area contributed by atoms with Crippen molar-refractivity contribution in [2.24, 2.45) is 5.92 Å². The third-order valence-electron chi connectivity index (χ3n) is 3.57. The molecule has 2 nitrogen and oxygen atoms in total. The van der Waals surface area contributed by atoms with Crippen molar-refractivity contribution in [1.29, 1.82) is 0 Å². The molecule has 2 rings (SSSR count). The van der Waals surface area contributed by atoms with Crippen molar-refractivity contribution in [3.05, 3.63) is 0 Å². The second-order valence-electron chi connectivity index (χ2n) is 5.41. The summed E-state index contributed by atoms with van der Waals surface area (Å²) in [6.07, 6.45) is 6.51. The van der Waals surface area contributed by atoms with Crippen LogP contribution in [0.15, 0.2) is 0 Å². The van der Waals surface area contributed by atoms with E-state index in [9.17, 15) is 0 Å². The molecule has 0 amide bonds. The summed E-state index contributed by atoms with van der Waals surface area (Å²) in [5, 5.41) is 3.66. The van der Waals surface area contributed by atoms with E-state index < -0.39 is 0 Å². The van der Waals surface area contributed by atoms with Crippen molar-refractivity contribution in [2.75, 3.05) is 13.2 Å². The third-order valence-corrected chi connectivity index (χ3v) is 3.57. The molecule has 0 radical (unpaired) electrons. The number of hydrogen-bond acceptors (Lipinski definition) is 2. The predicted molar refractivity (Wildman–Crippen MR) is 58.4 cm³/mol.